The van der Waals surface area contributed by atoms with Crippen LogP contribution >= 0.6 is 11.3 Å². The van der Waals surface area contributed by atoms with Crippen LogP contribution in [-0.4, -0.2) is 55.1 Å². The number of sulfone groups is 1. The lowest BCUT2D eigenvalue weighted by molar-refractivity contribution is 0.0672. The van der Waals surface area contributed by atoms with Crippen LogP contribution in [0.1, 0.15) is 27.3 Å². The summed E-state index contributed by atoms with van der Waals surface area (Å²) in [6.45, 7) is 3.30. The Morgan fingerprint density at radius 2 is 2.00 bits per heavy atom. The molecule has 4 heterocycles. The first-order valence-corrected chi connectivity index (χ1v) is 13.0. The number of aromatic nitrogens is 1. The van der Waals surface area contributed by atoms with Crippen LogP contribution in [0.4, 0.5) is 0 Å². The highest BCUT2D eigenvalue weighted by Crippen LogP contribution is 2.35. The molecule has 1 atom stereocenters. The van der Waals surface area contributed by atoms with Crippen molar-refractivity contribution in [3.8, 4) is 22.8 Å². The number of thiophene rings is 1. The van der Waals surface area contributed by atoms with E-state index in [1.54, 1.807) is 34.4 Å². The zero-order valence-electron chi connectivity index (χ0n) is 17.4. The van der Waals surface area contributed by atoms with Gasteiger partial charge < -0.3 is 18.9 Å². The summed E-state index contributed by atoms with van der Waals surface area (Å²) in [7, 11) is -3.15. The first-order chi connectivity index (χ1) is 15.4. The molecule has 0 bridgehead atoms. The molecule has 2 aliphatic heterocycles. The molecule has 32 heavy (non-hydrogen) atoms. The Labute approximate surface area is 189 Å². The first kappa shape index (κ1) is 21.0. The third kappa shape index (κ3) is 4.12. The Morgan fingerprint density at radius 1 is 1.19 bits per heavy atom. The van der Waals surface area contributed by atoms with Crippen molar-refractivity contribution in [3.05, 3.63) is 51.8 Å². The molecular formula is C22H22N2O6S2. The molecule has 0 spiro atoms. The number of hydrogen-bond acceptors (Lipinski definition) is 8. The molecule has 1 aromatic carbocycles. The SMILES string of the molecule is Cc1ccsc1CN(C(=O)c1cc(-c2ccc3c(c2)OCCO3)on1)[C@@H]1CCS(=O)(=O)C1. The van der Waals surface area contributed by atoms with E-state index in [4.69, 9.17) is 14.0 Å². The van der Waals surface area contributed by atoms with Crippen LogP contribution in [0.15, 0.2) is 40.2 Å². The molecule has 1 saturated heterocycles. The molecule has 0 saturated carbocycles. The first-order valence-electron chi connectivity index (χ1n) is 10.3. The van der Waals surface area contributed by atoms with Gasteiger partial charge in [-0.15, -0.1) is 11.3 Å². The number of benzene rings is 1. The molecule has 3 aromatic rings. The number of hydrogen-bond donors (Lipinski definition) is 0. The molecule has 8 nitrogen and oxygen atoms in total. The summed E-state index contributed by atoms with van der Waals surface area (Å²) in [5.74, 6) is 1.42. The van der Waals surface area contributed by atoms with E-state index >= 15 is 0 Å². The Bertz CT molecular complexity index is 1260. The zero-order valence-corrected chi connectivity index (χ0v) is 19.1. The lowest BCUT2D eigenvalue weighted by Crippen LogP contribution is -2.40. The van der Waals surface area contributed by atoms with Crippen molar-refractivity contribution in [2.24, 2.45) is 0 Å². The van der Waals surface area contributed by atoms with Gasteiger partial charge in [0.15, 0.2) is 32.8 Å². The average Bonchev–Trinajstić information content (AvgIpc) is 3.51. The van der Waals surface area contributed by atoms with E-state index in [2.05, 4.69) is 5.16 Å². The van der Waals surface area contributed by atoms with Gasteiger partial charge in [0.05, 0.1) is 18.1 Å². The van der Waals surface area contributed by atoms with Gasteiger partial charge in [-0.1, -0.05) is 5.16 Å². The number of carbonyl (C=O) groups is 1. The fraction of sp³-hybridized carbons (Fsp3) is 0.364. The van der Waals surface area contributed by atoms with E-state index in [-0.39, 0.29) is 29.1 Å². The predicted molar refractivity (Wildman–Crippen MR) is 119 cm³/mol. The maximum atomic E-state index is 13.4. The number of carbonyl (C=O) groups excluding carboxylic acids is 1. The van der Waals surface area contributed by atoms with Crippen molar-refractivity contribution in [2.75, 3.05) is 24.7 Å². The van der Waals surface area contributed by atoms with Crippen LogP contribution in [0.2, 0.25) is 0 Å². The van der Waals surface area contributed by atoms with Crippen LogP contribution in [0.3, 0.4) is 0 Å². The molecule has 0 N–H and O–H groups in total. The monoisotopic (exact) mass is 474 g/mol. The molecule has 0 unspecified atom stereocenters. The second kappa shape index (κ2) is 8.25. The second-order valence-corrected chi connectivity index (χ2v) is 11.2. The van der Waals surface area contributed by atoms with Gasteiger partial charge in [0.1, 0.15) is 13.2 Å². The van der Waals surface area contributed by atoms with Gasteiger partial charge in [0.25, 0.3) is 5.91 Å². The van der Waals surface area contributed by atoms with Crippen LogP contribution in [0.25, 0.3) is 11.3 Å². The fourth-order valence-corrected chi connectivity index (χ4v) is 6.60. The standard InChI is InChI=1S/C22H22N2O6S2/c1-14-4-8-31-21(14)12-24(16-5-9-32(26,27)13-16)22(25)17-11-19(30-23-17)15-2-3-18-20(10-15)29-7-6-28-18/h2-4,8,10-11,16H,5-7,9,12-13H2,1H3/t16-/m1/s1. The van der Waals surface area contributed by atoms with Crippen LogP contribution in [0.5, 0.6) is 11.5 Å². The number of fused-ring (bicyclic) bond motifs is 1. The molecule has 1 amide bonds. The van der Waals surface area contributed by atoms with Crippen molar-refractivity contribution < 1.29 is 27.2 Å². The van der Waals surface area contributed by atoms with Gasteiger partial charge in [-0.3, -0.25) is 4.79 Å². The van der Waals surface area contributed by atoms with Gasteiger partial charge in [-0.25, -0.2) is 8.42 Å². The molecular weight excluding hydrogens is 452 g/mol. The number of nitrogens with zero attached hydrogens (tertiary/aromatic N) is 2. The van der Waals surface area contributed by atoms with Gasteiger partial charge in [-0.2, -0.15) is 0 Å². The molecule has 0 radical (unpaired) electrons. The predicted octanol–water partition coefficient (Wildman–Crippen LogP) is 3.31. The number of rotatable bonds is 5. The van der Waals surface area contributed by atoms with Gasteiger partial charge >= 0.3 is 0 Å². The largest absolute Gasteiger partial charge is 0.486 e. The molecule has 5 rings (SSSR count). The Morgan fingerprint density at radius 3 is 2.72 bits per heavy atom. The summed E-state index contributed by atoms with van der Waals surface area (Å²) >= 11 is 1.55. The van der Waals surface area contributed by atoms with E-state index < -0.39 is 9.84 Å². The third-order valence-corrected chi connectivity index (χ3v) is 8.51. The molecule has 10 heteroatoms. The molecule has 2 aromatic heterocycles. The van der Waals surface area contributed by atoms with Crippen molar-refractivity contribution >= 4 is 27.1 Å². The van der Waals surface area contributed by atoms with E-state index in [0.29, 0.717) is 49.0 Å². The van der Waals surface area contributed by atoms with Crippen LogP contribution in [0, 0.1) is 6.92 Å². The number of amides is 1. The van der Waals surface area contributed by atoms with Crippen molar-refractivity contribution in [1.82, 2.24) is 10.1 Å². The van der Waals surface area contributed by atoms with Crippen molar-refractivity contribution in [2.45, 2.75) is 25.9 Å². The van der Waals surface area contributed by atoms with Gasteiger partial charge in [0.2, 0.25) is 0 Å². The highest BCUT2D eigenvalue weighted by molar-refractivity contribution is 7.91. The summed E-state index contributed by atoms with van der Waals surface area (Å²) in [6.07, 6.45) is 0.422. The summed E-state index contributed by atoms with van der Waals surface area (Å²) in [4.78, 5) is 16.1. The normalized spacial score (nSPS) is 19.1. The molecule has 0 aliphatic carbocycles. The maximum absolute atomic E-state index is 13.4. The second-order valence-electron chi connectivity index (χ2n) is 7.95. The summed E-state index contributed by atoms with van der Waals surface area (Å²) in [5.41, 5.74) is 1.93. The van der Waals surface area contributed by atoms with Gasteiger partial charge in [-0.05, 0) is 48.6 Å². The van der Waals surface area contributed by atoms with E-state index in [9.17, 15) is 13.2 Å². The lowest BCUT2D eigenvalue weighted by atomic mass is 10.1. The fourth-order valence-electron chi connectivity index (χ4n) is 3.96. The van der Waals surface area contributed by atoms with E-state index in [1.807, 2.05) is 24.4 Å². The number of ether oxygens (including phenoxy) is 2. The molecule has 1 fully saturated rings. The minimum Gasteiger partial charge on any atom is -0.486 e. The van der Waals surface area contributed by atoms with Crippen LogP contribution in [-0.2, 0) is 16.4 Å². The topological polar surface area (TPSA) is 98.9 Å². The number of aryl methyl sites for hydroxylation is 1. The van der Waals surface area contributed by atoms with Crippen molar-refractivity contribution in [1.29, 1.82) is 0 Å². The Kier molecular flexibility index (Phi) is 5.42. The minimum atomic E-state index is -3.15. The maximum Gasteiger partial charge on any atom is 0.276 e. The van der Waals surface area contributed by atoms with E-state index in [1.165, 1.54) is 0 Å². The minimum absolute atomic E-state index is 0.0317. The average molecular weight is 475 g/mol. The zero-order chi connectivity index (χ0) is 22.3. The van der Waals surface area contributed by atoms with Crippen LogP contribution < -0.4 is 9.47 Å². The third-order valence-electron chi connectivity index (χ3n) is 5.75. The lowest BCUT2D eigenvalue weighted by Gasteiger charge is -2.27. The summed E-state index contributed by atoms with van der Waals surface area (Å²) < 4.78 is 40.8. The smallest absolute Gasteiger partial charge is 0.276 e. The molecule has 2 aliphatic rings. The quantitative estimate of drug-likeness (QED) is 0.559. The Hall–Kier alpha value is -2.85. The molecule has 168 valence electrons. The van der Waals surface area contributed by atoms with Crippen molar-refractivity contribution in [3.63, 3.8) is 0 Å². The Balaban J connectivity index is 1.43. The highest BCUT2D eigenvalue weighted by Gasteiger charge is 2.36. The summed E-state index contributed by atoms with van der Waals surface area (Å²) in [5, 5.41) is 5.97. The summed E-state index contributed by atoms with van der Waals surface area (Å²) in [6, 6.07) is 8.60. The van der Waals surface area contributed by atoms with Gasteiger partial charge in [0, 0.05) is 22.5 Å². The highest BCUT2D eigenvalue weighted by atomic mass is 32.2. The van der Waals surface area contributed by atoms with E-state index in [0.717, 1.165) is 10.4 Å².